The van der Waals surface area contributed by atoms with Crippen LogP contribution in [0.5, 0.6) is 0 Å². The van der Waals surface area contributed by atoms with Gasteiger partial charge in [-0.05, 0) is 37.1 Å². The molecule has 5 N–H and O–H groups in total. The van der Waals surface area contributed by atoms with E-state index in [4.69, 9.17) is 11.5 Å². The second kappa shape index (κ2) is 6.38. The van der Waals surface area contributed by atoms with Gasteiger partial charge in [-0.1, -0.05) is 0 Å². The van der Waals surface area contributed by atoms with E-state index in [1.54, 1.807) is 29.2 Å². The summed E-state index contributed by atoms with van der Waals surface area (Å²) in [5, 5.41) is 2.62. The van der Waals surface area contributed by atoms with Crippen molar-refractivity contribution in [1.29, 1.82) is 0 Å². The molecule has 0 unspecified atom stereocenters. The Kier molecular flexibility index (Phi) is 4.57. The van der Waals surface area contributed by atoms with Crippen LogP contribution in [0.1, 0.15) is 23.2 Å². The lowest BCUT2D eigenvalue weighted by molar-refractivity contribution is -0.131. The van der Waals surface area contributed by atoms with Crippen molar-refractivity contribution >= 4 is 17.5 Å². The van der Waals surface area contributed by atoms with Crippen LogP contribution < -0.4 is 16.8 Å². The molecule has 0 radical (unpaired) electrons. The maximum Gasteiger partial charge on any atom is 0.251 e. The highest BCUT2D eigenvalue weighted by Crippen LogP contribution is 2.08. The summed E-state index contributed by atoms with van der Waals surface area (Å²) in [6.07, 6.45) is 1.63. The first-order valence-corrected chi connectivity index (χ1v) is 6.73. The number of amides is 2. The third-order valence-corrected chi connectivity index (χ3v) is 3.47. The Morgan fingerprint density at radius 3 is 2.40 bits per heavy atom. The molecule has 108 valence electrons. The monoisotopic (exact) mass is 276 g/mol. The molecule has 0 atom stereocenters. The average Bonchev–Trinajstić information content (AvgIpc) is 2.46. The minimum absolute atomic E-state index is 0.0123. The Hall–Kier alpha value is -2.08. The van der Waals surface area contributed by atoms with Crippen molar-refractivity contribution in [1.82, 2.24) is 10.2 Å². The number of nitrogens with one attached hydrogen (secondary N) is 1. The van der Waals surface area contributed by atoms with Gasteiger partial charge >= 0.3 is 0 Å². The molecule has 1 aliphatic heterocycles. The number of hydrogen-bond acceptors (Lipinski definition) is 4. The quantitative estimate of drug-likeness (QED) is 0.674. The van der Waals surface area contributed by atoms with Gasteiger partial charge in [0.2, 0.25) is 5.91 Å². The lowest BCUT2D eigenvalue weighted by Crippen LogP contribution is -2.46. The number of nitrogens with two attached hydrogens (primary N) is 2. The first kappa shape index (κ1) is 14.3. The number of rotatable bonds is 3. The maximum absolute atomic E-state index is 11.9. The van der Waals surface area contributed by atoms with Crippen molar-refractivity contribution in [3.63, 3.8) is 0 Å². The summed E-state index contributed by atoms with van der Waals surface area (Å²) in [7, 11) is 0. The van der Waals surface area contributed by atoms with Crippen molar-refractivity contribution in [3.8, 4) is 0 Å². The Labute approximate surface area is 118 Å². The second-order valence-corrected chi connectivity index (χ2v) is 5.02. The molecule has 20 heavy (non-hydrogen) atoms. The van der Waals surface area contributed by atoms with Crippen molar-refractivity contribution in [2.24, 2.45) is 5.73 Å². The molecule has 1 aromatic rings. The van der Waals surface area contributed by atoms with E-state index in [1.165, 1.54) is 0 Å². The SMILES string of the molecule is Nc1ccc(C(=O)NCC(=O)N2CCC(N)CC2)cc1. The minimum atomic E-state index is -0.271. The number of nitrogen functional groups attached to an aromatic ring is 1. The topological polar surface area (TPSA) is 101 Å². The van der Waals surface area contributed by atoms with Gasteiger partial charge in [0, 0.05) is 30.4 Å². The summed E-state index contributed by atoms with van der Waals surface area (Å²) < 4.78 is 0. The predicted molar refractivity (Wildman–Crippen MR) is 77.0 cm³/mol. The van der Waals surface area contributed by atoms with E-state index in [1.807, 2.05) is 0 Å². The maximum atomic E-state index is 11.9. The molecule has 1 fully saturated rings. The zero-order valence-corrected chi connectivity index (χ0v) is 11.3. The van der Waals surface area contributed by atoms with Crippen LogP contribution in [0.25, 0.3) is 0 Å². The Morgan fingerprint density at radius 2 is 1.80 bits per heavy atom. The van der Waals surface area contributed by atoms with E-state index in [0.717, 1.165) is 12.8 Å². The molecule has 0 aliphatic carbocycles. The fourth-order valence-corrected chi connectivity index (χ4v) is 2.15. The number of piperidine rings is 1. The molecular formula is C14H20N4O2. The highest BCUT2D eigenvalue weighted by atomic mass is 16.2. The Balaban J connectivity index is 1.81. The standard InChI is InChI=1S/C14H20N4O2/c15-11-3-1-10(2-4-11)14(20)17-9-13(19)18-7-5-12(16)6-8-18/h1-4,12H,5-9,15-16H2,(H,17,20). The number of nitrogens with zero attached hydrogens (tertiary/aromatic N) is 1. The summed E-state index contributed by atoms with van der Waals surface area (Å²) in [5.41, 5.74) is 12.4. The van der Waals surface area contributed by atoms with Crippen LogP contribution in [-0.2, 0) is 4.79 Å². The lowest BCUT2D eigenvalue weighted by atomic mass is 10.1. The average molecular weight is 276 g/mol. The van der Waals surface area contributed by atoms with E-state index in [2.05, 4.69) is 5.32 Å². The van der Waals surface area contributed by atoms with E-state index in [0.29, 0.717) is 24.3 Å². The Morgan fingerprint density at radius 1 is 1.20 bits per heavy atom. The van der Waals surface area contributed by atoms with Gasteiger partial charge in [0.1, 0.15) is 0 Å². The number of hydrogen-bond donors (Lipinski definition) is 3. The molecule has 0 aromatic heterocycles. The van der Waals surface area contributed by atoms with Gasteiger partial charge in [-0.2, -0.15) is 0 Å². The molecule has 2 amide bonds. The van der Waals surface area contributed by atoms with Gasteiger partial charge in [-0.3, -0.25) is 9.59 Å². The van der Waals surface area contributed by atoms with Gasteiger partial charge in [-0.25, -0.2) is 0 Å². The smallest absolute Gasteiger partial charge is 0.251 e. The second-order valence-electron chi connectivity index (χ2n) is 5.02. The molecule has 6 nitrogen and oxygen atoms in total. The van der Waals surface area contributed by atoms with E-state index in [-0.39, 0.29) is 24.4 Å². The minimum Gasteiger partial charge on any atom is -0.399 e. The molecular weight excluding hydrogens is 256 g/mol. The van der Waals surface area contributed by atoms with Crippen LogP contribution in [-0.4, -0.2) is 42.4 Å². The molecule has 1 heterocycles. The molecule has 1 saturated heterocycles. The van der Waals surface area contributed by atoms with E-state index < -0.39 is 0 Å². The van der Waals surface area contributed by atoms with Crippen molar-refractivity contribution < 1.29 is 9.59 Å². The largest absolute Gasteiger partial charge is 0.399 e. The molecule has 0 spiro atoms. The van der Waals surface area contributed by atoms with Crippen molar-refractivity contribution in [2.75, 3.05) is 25.4 Å². The summed E-state index contributed by atoms with van der Waals surface area (Å²) >= 11 is 0. The third kappa shape index (κ3) is 3.71. The molecule has 6 heteroatoms. The summed E-state index contributed by atoms with van der Waals surface area (Å²) in [6, 6.07) is 6.76. The number of anilines is 1. The van der Waals surface area contributed by atoms with Crippen LogP contribution in [0.4, 0.5) is 5.69 Å². The summed E-state index contributed by atoms with van der Waals surface area (Å²) in [4.78, 5) is 25.5. The normalized spacial score (nSPS) is 15.9. The lowest BCUT2D eigenvalue weighted by Gasteiger charge is -2.30. The van der Waals surface area contributed by atoms with Crippen LogP contribution >= 0.6 is 0 Å². The fourth-order valence-electron chi connectivity index (χ4n) is 2.15. The third-order valence-electron chi connectivity index (χ3n) is 3.47. The highest BCUT2D eigenvalue weighted by Gasteiger charge is 2.20. The predicted octanol–water partition coefficient (Wildman–Crippen LogP) is -0.0517. The van der Waals surface area contributed by atoms with Gasteiger partial charge in [-0.15, -0.1) is 0 Å². The fraction of sp³-hybridized carbons (Fsp3) is 0.429. The Bertz CT molecular complexity index is 478. The van der Waals surface area contributed by atoms with Crippen LogP contribution in [0.15, 0.2) is 24.3 Å². The van der Waals surface area contributed by atoms with Gasteiger partial charge in [0.15, 0.2) is 0 Å². The van der Waals surface area contributed by atoms with Crippen LogP contribution in [0, 0.1) is 0 Å². The number of carbonyl (C=O) groups is 2. The van der Waals surface area contributed by atoms with Crippen molar-refractivity contribution in [2.45, 2.75) is 18.9 Å². The number of likely N-dealkylation sites (tertiary alicyclic amines) is 1. The number of carbonyl (C=O) groups excluding carboxylic acids is 2. The van der Waals surface area contributed by atoms with Crippen molar-refractivity contribution in [3.05, 3.63) is 29.8 Å². The van der Waals surface area contributed by atoms with Crippen LogP contribution in [0.2, 0.25) is 0 Å². The molecule has 2 rings (SSSR count). The van der Waals surface area contributed by atoms with Gasteiger partial charge < -0.3 is 21.7 Å². The molecule has 0 bridgehead atoms. The van der Waals surface area contributed by atoms with Gasteiger partial charge in [0.25, 0.3) is 5.91 Å². The van der Waals surface area contributed by atoms with E-state index in [9.17, 15) is 9.59 Å². The first-order valence-electron chi connectivity index (χ1n) is 6.73. The highest BCUT2D eigenvalue weighted by molar-refractivity contribution is 5.96. The number of benzene rings is 1. The zero-order chi connectivity index (χ0) is 14.5. The summed E-state index contributed by atoms with van der Waals surface area (Å²) in [5.74, 6) is -0.340. The molecule has 0 saturated carbocycles. The molecule has 1 aliphatic rings. The first-order chi connectivity index (χ1) is 9.56. The van der Waals surface area contributed by atoms with E-state index >= 15 is 0 Å². The summed E-state index contributed by atoms with van der Waals surface area (Å²) in [6.45, 7) is 1.34. The van der Waals surface area contributed by atoms with Crippen LogP contribution in [0.3, 0.4) is 0 Å². The zero-order valence-electron chi connectivity index (χ0n) is 11.3. The van der Waals surface area contributed by atoms with Gasteiger partial charge in [0.05, 0.1) is 6.54 Å². The molecule has 1 aromatic carbocycles.